The number of rotatable bonds is 6. The first-order valence-electron chi connectivity index (χ1n) is 8.87. The molecule has 0 aromatic heterocycles. The van der Waals surface area contributed by atoms with Crippen LogP contribution in [0.25, 0.3) is 0 Å². The molecule has 4 atom stereocenters. The van der Waals surface area contributed by atoms with Gasteiger partial charge < -0.3 is 15.2 Å². The normalized spacial score (nSPS) is 25.3. The summed E-state index contributed by atoms with van der Waals surface area (Å²) < 4.78 is 5.99. The molecule has 3 nitrogen and oxygen atoms in total. The molecule has 3 rings (SSSR count). The Balaban J connectivity index is 1.46. The van der Waals surface area contributed by atoms with E-state index in [1.807, 2.05) is 24.3 Å². The highest BCUT2D eigenvalue weighted by atomic mass is 16.5. The first-order valence-corrected chi connectivity index (χ1v) is 8.87. The molecular weight excluding hydrogens is 298 g/mol. The van der Waals surface area contributed by atoms with Crippen molar-refractivity contribution < 1.29 is 9.84 Å². The predicted molar refractivity (Wildman–Crippen MR) is 96.7 cm³/mol. The van der Waals surface area contributed by atoms with Gasteiger partial charge in [0.15, 0.2) is 0 Å². The smallest absolute Gasteiger partial charge is 0.0720 e. The molecule has 0 spiro atoms. The number of aliphatic hydroxyl groups excluding tert-OH is 1. The summed E-state index contributed by atoms with van der Waals surface area (Å²) in [5.74, 6) is 0. The van der Waals surface area contributed by atoms with Crippen molar-refractivity contribution in [1.29, 1.82) is 0 Å². The Bertz CT molecular complexity index is 602. The van der Waals surface area contributed by atoms with Crippen molar-refractivity contribution in [2.75, 3.05) is 0 Å². The number of ether oxygens (including phenoxy) is 1. The van der Waals surface area contributed by atoms with Gasteiger partial charge in [-0.3, -0.25) is 0 Å². The summed E-state index contributed by atoms with van der Waals surface area (Å²) in [6.45, 7) is 2.77. The van der Waals surface area contributed by atoms with E-state index < -0.39 is 0 Å². The van der Waals surface area contributed by atoms with Gasteiger partial charge in [0, 0.05) is 18.5 Å². The molecule has 1 aliphatic carbocycles. The monoisotopic (exact) mass is 325 g/mol. The van der Waals surface area contributed by atoms with E-state index in [9.17, 15) is 5.11 Å². The lowest BCUT2D eigenvalue weighted by Crippen LogP contribution is -2.46. The summed E-state index contributed by atoms with van der Waals surface area (Å²) in [5, 5.41) is 14.1. The molecule has 1 saturated carbocycles. The number of nitrogens with one attached hydrogen (secondary N) is 1. The minimum atomic E-state index is -0.356. The van der Waals surface area contributed by atoms with Crippen molar-refractivity contribution >= 4 is 0 Å². The van der Waals surface area contributed by atoms with Crippen LogP contribution in [0.3, 0.4) is 0 Å². The highest BCUT2D eigenvalue weighted by molar-refractivity contribution is 5.18. The molecule has 1 fully saturated rings. The van der Waals surface area contributed by atoms with Gasteiger partial charge in [-0.2, -0.15) is 0 Å². The highest BCUT2D eigenvalue weighted by Gasteiger charge is 2.30. The summed E-state index contributed by atoms with van der Waals surface area (Å²) >= 11 is 0. The molecule has 0 saturated heterocycles. The first kappa shape index (κ1) is 17.2. The van der Waals surface area contributed by atoms with E-state index in [-0.39, 0.29) is 24.3 Å². The Morgan fingerprint density at radius 1 is 1.04 bits per heavy atom. The molecule has 2 unspecified atom stereocenters. The van der Waals surface area contributed by atoms with Crippen LogP contribution in [0.4, 0.5) is 0 Å². The van der Waals surface area contributed by atoms with E-state index in [2.05, 4.69) is 48.6 Å². The first-order chi connectivity index (χ1) is 11.7. The Morgan fingerprint density at radius 2 is 1.71 bits per heavy atom. The summed E-state index contributed by atoms with van der Waals surface area (Å²) in [6, 6.07) is 21.0. The number of benzene rings is 2. The number of hydrogen-bond acceptors (Lipinski definition) is 3. The van der Waals surface area contributed by atoms with Crippen LogP contribution in [0, 0.1) is 0 Å². The standard InChI is InChI=1S/C21H27NO2/c1-16(18-10-6-3-7-11-18)22-20-13-12-19(14-21(20)23)24-15-17-8-4-2-5-9-17/h2-11,16,19-23H,12-15H2,1H3/t16?,19-,20?,21-/m1/s1. The van der Waals surface area contributed by atoms with Crippen LogP contribution in [0.15, 0.2) is 60.7 Å². The van der Waals surface area contributed by atoms with Crippen molar-refractivity contribution in [1.82, 2.24) is 5.32 Å². The van der Waals surface area contributed by atoms with Crippen molar-refractivity contribution in [3.05, 3.63) is 71.8 Å². The van der Waals surface area contributed by atoms with Crippen LogP contribution in [0.1, 0.15) is 43.4 Å². The third-order valence-corrected chi connectivity index (χ3v) is 4.86. The van der Waals surface area contributed by atoms with Crippen molar-refractivity contribution in [2.24, 2.45) is 0 Å². The molecule has 128 valence electrons. The van der Waals surface area contributed by atoms with Crippen LogP contribution < -0.4 is 5.32 Å². The number of aliphatic hydroxyl groups is 1. The van der Waals surface area contributed by atoms with Gasteiger partial charge in [0.1, 0.15) is 0 Å². The Morgan fingerprint density at radius 3 is 2.38 bits per heavy atom. The SMILES string of the molecule is CC(NC1CC[C@@H](OCc2ccccc2)C[C@H]1O)c1ccccc1. The van der Waals surface area contributed by atoms with Crippen LogP contribution in [0.2, 0.25) is 0 Å². The van der Waals surface area contributed by atoms with E-state index in [1.54, 1.807) is 0 Å². The Kier molecular flexibility index (Phi) is 6.02. The molecule has 1 aliphatic rings. The van der Waals surface area contributed by atoms with Crippen molar-refractivity contribution in [3.8, 4) is 0 Å². The van der Waals surface area contributed by atoms with Gasteiger partial charge in [0.2, 0.25) is 0 Å². The molecule has 2 N–H and O–H groups in total. The van der Waals surface area contributed by atoms with E-state index in [0.29, 0.717) is 13.0 Å². The predicted octanol–water partition coefficient (Wildman–Crippen LogP) is 3.84. The second-order valence-electron chi connectivity index (χ2n) is 6.70. The summed E-state index contributed by atoms with van der Waals surface area (Å²) in [5.41, 5.74) is 2.44. The fraction of sp³-hybridized carbons (Fsp3) is 0.429. The molecule has 24 heavy (non-hydrogen) atoms. The van der Waals surface area contributed by atoms with Crippen LogP contribution in [0.5, 0.6) is 0 Å². The van der Waals surface area contributed by atoms with E-state index in [4.69, 9.17) is 4.74 Å². The van der Waals surface area contributed by atoms with Crippen molar-refractivity contribution in [3.63, 3.8) is 0 Å². The van der Waals surface area contributed by atoms with Gasteiger partial charge in [0.25, 0.3) is 0 Å². The summed E-state index contributed by atoms with van der Waals surface area (Å²) in [4.78, 5) is 0. The Hall–Kier alpha value is -1.68. The van der Waals surface area contributed by atoms with Gasteiger partial charge in [-0.1, -0.05) is 60.7 Å². The van der Waals surface area contributed by atoms with Crippen molar-refractivity contribution in [2.45, 2.75) is 57.1 Å². The van der Waals surface area contributed by atoms with Crippen LogP contribution >= 0.6 is 0 Å². The topological polar surface area (TPSA) is 41.5 Å². The fourth-order valence-electron chi connectivity index (χ4n) is 3.40. The minimum Gasteiger partial charge on any atom is -0.391 e. The van der Waals surface area contributed by atoms with E-state index in [1.165, 1.54) is 11.1 Å². The number of hydrogen-bond donors (Lipinski definition) is 2. The molecular formula is C21H27NO2. The molecule has 0 aliphatic heterocycles. The summed E-state index contributed by atoms with van der Waals surface area (Å²) in [7, 11) is 0. The lowest BCUT2D eigenvalue weighted by Gasteiger charge is -2.35. The van der Waals surface area contributed by atoms with E-state index in [0.717, 1.165) is 12.8 Å². The molecule has 0 bridgehead atoms. The third kappa shape index (κ3) is 4.67. The lowest BCUT2D eigenvalue weighted by molar-refractivity contribution is -0.0370. The zero-order chi connectivity index (χ0) is 16.8. The van der Waals surface area contributed by atoms with Gasteiger partial charge >= 0.3 is 0 Å². The van der Waals surface area contributed by atoms with Gasteiger partial charge in [0.05, 0.1) is 18.8 Å². The second-order valence-corrected chi connectivity index (χ2v) is 6.70. The average molecular weight is 325 g/mol. The largest absolute Gasteiger partial charge is 0.391 e. The maximum absolute atomic E-state index is 10.5. The molecule has 0 amide bonds. The third-order valence-electron chi connectivity index (χ3n) is 4.86. The van der Waals surface area contributed by atoms with E-state index >= 15 is 0 Å². The fourth-order valence-corrected chi connectivity index (χ4v) is 3.40. The van der Waals surface area contributed by atoms with Gasteiger partial charge in [-0.05, 0) is 30.9 Å². The highest BCUT2D eigenvalue weighted by Crippen LogP contribution is 2.25. The maximum atomic E-state index is 10.5. The molecule has 0 heterocycles. The summed E-state index contributed by atoms with van der Waals surface area (Å²) in [6.07, 6.45) is 2.42. The maximum Gasteiger partial charge on any atom is 0.0720 e. The molecule has 2 aromatic carbocycles. The van der Waals surface area contributed by atoms with Crippen LogP contribution in [-0.4, -0.2) is 23.4 Å². The molecule has 3 heteroatoms. The Labute approximate surface area is 144 Å². The quantitative estimate of drug-likeness (QED) is 0.848. The second kappa shape index (κ2) is 8.43. The molecule has 2 aromatic rings. The van der Waals surface area contributed by atoms with Gasteiger partial charge in [-0.25, -0.2) is 0 Å². The molecule has 0 radical (unpaired) electrons. The zero-order valence-electron chi connectivity index (χ0n) is 14.3. The zero-order valence-corrected chi connectivity index (χ0v) is 14.3. The van der Waals surface area contributed by atoms with Gasteiger partial charge in [-0.15, -0.1) is 0 Å². The average Bonchev–Trinajstić information content (AvgIpc) is 2.63. The van der Waals surface area contributed by atoms with Crippen LogP contribution in [-0.2, 0) is 11.3 Å². The lowest BCUT2D eigenvalue weighted by atomic mass is 9.89. The minimum absolute atomic E-state index is 0.136.